The Kier molecular flexibility index (Phi) is 4.96. The maximum Gasteiger partial charge on any atom is 0.00933 e. The Morgan fingerprint density at radius 2 is 1.39 bits per heavy atom. The van der Waals surface area contributed by atoms with Crippen molar-refractivity contribution in [2.45, 2.75) is 126 Å². The van der Waals surface area contributed by atoms with Gasteiger partial charge in [0.2, 0.25) is 0 Å². The molecule has 5 saturated carbocycles. The maximum absolute atomic E-state index is 6.73. The molecule has 1 nitrogen and oxygen atoms in total. The third-order valence-corrected chi connectivity index (χ3v) is 13.9. The molecule has 178 valence electrons. The van der Waals surface area contributed by atoms with Crippen LogP contribution in [-0.4, -0.2) is 6.04 Å². The highest BCUT2D eigenvalue weighted by atomic mass is 14.8. The van der Waals surface area contributed by atoms with Gasteiger partial charge in [-0.2, -0.15) is 0 Å². The first-order valence-electron chi connectivity index (χ1n) is 14.1. The number of hydrogen-bond acceptors (Lipinski definition) is 1. The summed E-state index contributed by atoms with van der Waals surface area (Å²) in [5.41, 5.74) is 9.20. The predicted molar refractivity (Wildman–Crippen MR) is 133 cm³/mol. The molecular weight excluding hydrogens is 374 g/mol. The third-order valence-electron chi connectivity index (χ3n) is 13.9. The minimum atomic E-state index is 0.297. The molecular formula is C30H53N. The summed E-state index contributed by atoms with van der Waals surface area (Å²) in [4.78, 5) is 0. The fourth-order valence-corrected chi connectivity index (χ4v) is 11.8. The van der Waals surface area contributed by atoms with Crippen molar-refractivity contribution in [2.24, 2.45) is 68.3 Å². The SMILES string of the molecule is CC(C)[C@@H]1CC[C@]2(C)CC[C@]3(C)[C@H](CCC4[C@@]5(C)CCC(N)C(C)(C)[C@@H]5CC[C@]43C)[C@@H]12. The second-order valence-electron chi connectivity index (χ2n) is 15.3. The van der Waals surface area contributed by atoms with Gasteiger partial charge in [-0.25, -0.2) is 0 Å². The molecule has 0 aromatic rings. The molecule has 1 heteroatoms. The lowest BCUT2D eigenvalue weighted by atomic mass is 9.32. The quantitative estimate of drug-likeness (QED) is 0.450. The summed E-state index contributed by atoms with van der Waals surface area (Å²) in [6.07, 6.45) is 14.5. The Morgan fingerprint density at radius 3 is 2.06 bits per heavy atom. The zero-order chi connectivity index (χ0) is 22.6. The van der Waals surface area contributed by atoms with Gasteiger partial charge in [-0.1, -0.05) is 55.4 Å². The van der Waals surface area contributed by atoms with Gasteiger partial charge in [0.1, 0.15) is 0 Å². The molecule has 0 spiro atoms. The summed E-state index contributed by atoms with van der Waals surface area (Å²) in [6.45, 7) is 21.1. The van der Waals surface area contributed by atoms with Gasteiger partial charge in [0, 0.05) is 6.04 Å². The van der Waals surface area contributed by atoms with E-state index in [1.165, 1.54) is 64.2 Å². The van der Waals surface area contributed by atoms with Gasteiger partial charge in [0.25, 0.3) is 0 Å². The lowest BCUT2D eigenvalue weighted by Crippen LogP contribution is -2.67. The van der Waals surface area contributed by atoms with E-state index in [1.54, 1.807) is 0 Å². The Labute approximate surface area is 194 Å². The zero-order valence-corrected chi connectivity index (χ0v) is 22.2. The van der Waals surface area contributed by atoms with Crippen LogP contribution < -0.4 is 5.73 Å². The Hall–Kier alpha value is -0.0400. The molecule has 0 saturated heterocycles. The van der Waals surface area contributed by atoms with Crippen molar-refractivity contribution in [3.05, 3.63) is 0 Å². The van der Waals surface area contributed by atoms with Gasteiger partial charge < -0.3 is 5.73 Å². The Balaban J connectivity index is 1.54. The molecule has 0 heterocycles. The van der Waals surface area contributed by atoms with E-state index in [9.17, 15) is 0 Å². The van der Waals surface area contributed by atoms with Crippen molar-refractivity contribution in [1.29, 1.82) is 0 Å². The van der Waals surface area contributed by atoms with E-state index in [2.05, 4.69) is 55.4 Å². The highest BCUT2D eigenvalue weighted by molar-refractivity contribution is 5.19. The van der Waals surface area contributed by atoms with E-state index in [-0.39, 0.29) is 0 Å². The number of nitrogens with two attached hydrogens (primary N) is 1. The van der Waals surface area contributed by atoms with Crippen LogP contribution in [0.5, 0.6) is 0 Å². The molecule has 31 heavy (non-hydrogen) atoms. The molecule has 0 amide bonds. The lowest BCUT2D eigenvalue weighted by molar-refractivity contribution is -0.238. The minimum Gasteiger partial charge on any atom is -0.327 e. The van der Waals surface area contributed by atoms with E-state index >= 15 is 0 Å². The van der Waals surface area contributed by atoms with E-state index in [0.717, 1.165) is 35.5 Å². The summed E-state index contributed by atoms with van der Waals surface area (Å²) < 4.78 is 0. The second kappa shape index (κ2) is 6.76. The van der Waals surface area contributed by atoms with E-state index in [0.29, 0.717) is 33.1 Å². The minimum absolute atomic E-state index is 0.297. The van der Waals surface area contributed by atoms with E-state index in [1.807, 2.05) is 0 Å². The Morgan fingerprint density at radius 1 is 0.677 bits per heavy atom. The molecule has 2 N–H and O–H groups in total. The molecule has 0 aromatic heterocycles. The maximum atomic E-state index is 6.73. The average Bonchev–Trinajstić information content (AvgIpc) is 3.04. The lowest BCUT2D eigenvalue weighted by Gasteiger charge is -2.73. The molecule has 5 aliphatic carbocycles. The highest BCUT2D eigenvalue weighted by Gasteiger charge is 2.70. The molecule has 2 unspecified atom stereocenters. The fourth-order valence-electron chi connectivity index (χ4n) is 11.8. The van der Waals surface area contributed by atoms with Gasteiger partial charge in [-0.15, -0.1) is 0 Å². The van der Waals surface area contributed by atoms with Gasteiger partial charge in [0.05, 0.1) is 0 Å². The van der Waals surface area contributed by atoms with Gasteiger partial charge in [0.15, 0.2) is 0 Å². The van der Waals surface area contributed by atoms with Crippen LogP contribution in [0.3, 0.4) is 0 Å². The van der Waals surface area contributed by atoms with Crippen molar-refractivity contribution in [3.63, 3.8) is 0 Å². The molecule has 0 radical (unpaired) electrons. The second-order valence-corrected chi connectivity index (χ2v) is 15.3. The number of hydrogen-bond donors (Lipinski definition) is 1. The first-order valence-corrected chi connectivity index (χ1v) is 14.1. The van der Waals surface area contributed by atoms with Crippen molar-refractivity contribution in [1.82, 2.24) is 0 Å². The van der Waals surface area contributed by atoms with Crippen molar-refractivity contribution in [3.8, 4) is 0 Å². The van der Waals surface area contributed by atoms with Crippen LogP contribution in [-0.2, 0) is 0 Å². The topological polar surface area (TPSA) is 26.0 Å². The van der Waals surface area contributed by atoms with Crippen LogP contribution in [0.15, 0.2) is 0 Å². The zero-order valence-electron chi connectivity index (χ0n) is 22.2. The van der Waals surface area contributed by atoms with Crippen LogP contribution in [0.1, 0.15) is 120 Å². The molecule has 5 aliphatic rings. The van der Waals surface area contributed by atoms with Crippen molar-refractivity contribution >= 4 is 0 Å². The summed E-state index contributed by atoms with van der Waals surface area (Å²) in [5.74, 6) is 5.47. The molecule has 5 fully saturated rings. The summed E-state index contributed by atoms with van der Waals surface area (Å²) in [7, 11) is 0. The molecule has 10 atom stereocenters. The van der Waals surface area contributed by atoms with Crippen LogP contribution in [0.4, 0.5) is 0 Å². The van der Waals surface area contributed by atoms with Gasteiger partial charge >= 0.3 is 0 Å². The monoisotopic (exact) mass is 427 g/mol. The molecule has 0 aromatic carbocycles. The number of fused-ring (bicyclic) bond motifs is 7. The van der Waals surface area contributed by atoms with E-state index < -0.39 is 0 Å². The fraction of sp³-hybridized carbons (Fsp3) is 1.00. The number of rotatable bonds is 1. The molecule has 0 aliphatic heterocycles. The Bertz CT molecular complexity index is 724. The normalized spacial score (nSPS) is 58.3. The van der Waals surface area contributed by atoms with Crippen LogP contribution in [0, 0.1) is 62.6 Å². The van der Waals surface area contributed by atoms with Crippen LogP contribution in [0.25, 0.3) is 0 Å². The molecule has 5 rings (SSSR count). The standard InChI is InChI=1S/C30H53N/c1-19(2)20-11-14-27(5)17-18-29(7)21(25(20)27)9-10-23-28(6)15-13-24(31)26(3,4)22(28)12-16-30(23,29)8/h19-25H,9-18,31H2,1-8H3/t20-,21+,22-,23?,24?,25+,27+,28-,29+,30+/m0/s1. The highest BCUT2D eigenvalue weighted by Crippen LogP contribution is 2.77. The van der Waals surface area contributed by atoms with Gasteiger partial charge in [-0.05, 0) is 127 Å². The largest absolute Gasteiger partial charge is 0.327 e. The smallest absolute Gasteiger partial charge is 0.00933 e. The van der Waals surface area contributed by atoms with Gasteiger partial charge in [-0.3, -0.25) is 0 Å². The van der Waals surface area contributed by atoms with Crippen molar-refractivity contribution < 1.29 is 0 Å². The van der Waals surface area contributed by atoms with Crippen molar-refractivity contribution in [2.75, 3.05) is 0 Å². The summed E-state index contributed by atoms with van der Waals surface area (Å²) >= 11 is 0. The van der Waals surface area contributed by atoms with Crippen LogP contribution in [0.2, 0.25) is 0 Å². The average molecular weight is 428 g/mol. The third kappa shape index (κ3) is 2.71. The summed E-state index contributed by atoms with van der Waals surface area (Å²) in [6, 6.07) is 0.391. The molecule has 0 bridgehead atoms. The van der Waals surface area contributed by atoms with Crippen LogP contribution >= 0.6 is 0 Å². The first kappa shape index (κ1) is 22.7. The first-order chi connectivity index (χ1) is 14.3. The predicted octanol–water partition coefficient (Wildman–Crippen LogP) is 8.07. The van der Waals surface area contributed by atoms with E-state index in [4.69, 9.17) is 5.73 Å². The summed E-state index contributed by atoms with van der Waals surface area (Å²) in [5, 5.41) is 0.